The fraction of sp³-hybridized carbons (Fsp3) is 0.529. The van der Waals surface area contributed by atoms with E-state index in [1.807, 2.05) is 24.3 Å². The molecule has 1 atom stereocenters. The molecule has 1 aromatic rings. The fourth-order valence-corrected chi connectivity index (χ4v) is 2.73. The molecule has 0 spiro atoms. The van der Waals surface area contributed by atoms with Crippen LogP contribution in [0, 0.1) is 5.92 Å². The molecule has 5 nitrogen and oxygen atoms in total. The van der Waals surface area contributed by atoms with Crippen molar-refractivity contribution in [3.63, 3.8) is 0 Å². The van der Waals surface area contributed by atoms with Gasteiger partial charge in [0.2, 0.25) is 11.8 Å². The number of amides is 2. The van der Waals surface area contributed by atoms with Crippen LogP contribution in [0.5, 0.6) is 0 Å². The van der Waals surface area contributed by atoms with Crippen molar-refractivity contribution in [2.75, 3.05) is 18.4 Å². The number of hydrogen-bond acceptors (Lipinski definition) is 3. The summed E-state index contributed by atoms with van der Waals surface area (Å²) in [5.74, 6) is 0.369. The molecule has 0 unspecified atom stereocenters. The molecular weight excluding hydrogens is 278 g/mol. The van der Waals surface area contributed by atoms with E-state index >= 15 is 0 Å². The molecule has 1 aromatic carbocycles. The summed E-state index contributed by atoms with van der Waals surface area (Å²) in [6, 6.07) is 7.79. The Balaban J connectivity index is 1.47. The molecule has 5 heteroatoms. The van der Waals surface area contributed by atoms with Crippen LogP contribution in [-0.2, 0) is 16.0 Å². The number of piperidine rings is 1. The zero-order valence-electron chi connectivity index (χ0n) is 12.7. The van der Waals surface area contributed by atoms with Gasteiger partial charge >= 0.3 is 0 Å². The van der Waals surface area contributed by atoms with Crippen LogP contribution in [0.15, 0.2) is 24.3 Å². The smallest absolute Gasteiger partial charge is 0.227 e. The zero-order chi connectivity index (χ0) is 15.4. The van der Waals surface area contributed by atoms with E-state index in [4.69, 9.17) is 0 Å². The van der Waals surface area contributed by atoms with E-state index in [9.17, 15) is 9.59 Å². The van der Waals surface area contributed by atoms with Crippen molar-refractivity contribution >= 4 is 17.5 Å². The maximum Gasteiger partial charge on any atom is 0.227 e. The van der Waals surface area contributed by atoms with Gasteiger partial charge in [-0.3, -0.25) is 9.59 Å². The van der Waals surface area contributed by atoms with E-state index in [-0.39, 0.29) is 23.8 Å². The summed E-state index contributed by atoms with van der Waals surface area (Å²) in [5, 5.41) is 9.26. The highest BCUT2D eigenvalue weighted by atomic mass is 16.2. The predicted octanol–water partition coefficient (Wildman–Crippen LogP) is 1.45. The van der Waals surface area contributed by atoms with E-state index < -0.39 is 0 Å². The Morgan fingerprint density at radius 1 is 1.14 bits per heavy atom. The van der Waals surface area contributed by atoms with Gasteiger partial charge in [-0.1, -0.05) is 12.1 Å². The lowest BCUT2D eigenvalue weighted by atomic mass is 10.1. The van der Waals surface area contributed by atoms with Crippen molar-refractivity contribution in [2.24, 2.45) is 5.92 Å². The lowest BCUT2D eigenvalue weighted by Gasteiger charge is -2.23. The first-order valence-corrected chi connectivity index (χ1v) is 8.10. The van der Waals surface area contributed by atoms with Gasteiger partial charge in [0.05, 0.1) is 6.42 Å². The number of carbonyl (C=O) groups is 2. The van der Waals surface area contributed by atoms with Crippen molar-refractivity contribution in [3.05, 3.63) is 29.8 Å². The van der Waals surface area contributed by atoms with Crippen LogP contribution in [0.3, 0.4) is 0 Å². The lowest BCUT2D eigenvalue weighted by molar-refractivity contribution is -0.121. The van der Waals surface area contributed by atoms with Gasteiger partial charge in [0, 0.05) is 24.2 Å². The van der Waals surface area contributed by atoms with Crippen LogP contribution in [0.2, 0.25) is 0 Å². The van der Waals surface area contributed by atoms with E-state index in [0.717, 1.165) is 50.0 Å². The number of carbonyl (C=O) groups excluding carboxylic acids is 2. The number of nitrogens with one attached hydrogen (secondary N) is 3. The fourth-order valence-electron chi connectivity index (χ4n) is 2.73. The lowest BCUT2D eigenvalue weighted by Crippen LogP contribution is -2.46. The molecule has 22 heavy (non-hydrogen) atoms. The van der Waals surface area contributed by atoms with Gasteiger partial charge in [-0.2, -0.15) is 0 Å². The summed E-state index contributed by atoms with van der Waals surface area (Å²) in [6.07, 6.45) is 4.54. The van der Waals surface area contributed by atoms with Crippen molar-refractivity contribution < 1.29 is 9.59 Å². The second-order valence-electron chi connectivity index (χ2n) is 6.25. The SMILES string of the molecule is O=C(Cc1ccc(NC(=O)C2CC2)cc1)N[C@H]1CCCNC1. The Morgan fingerprint density at radius 3 is 2.55 bits per heavy atom. The van der Waals surface area contributed by atoms with Gasteiger partial charge in [-0.15, -0.1) is 0 Å². The summed E-state index contributed by atoms with van der Waals surface area (Å²) in [4.78, 5) is 23.7. The Labute approximate surface area is 130 Å². The monoisotopic (exact) mass is 301 g/mol. The minimum Gasteiger partial charge on any atom is -0.352 e. The van der Waals surface area contributed by atoms with Gasteiger partial charge in [-0.25, -0.2) is 0 Å². The number of anilines is 1. The summed E-state index contributed by atoms with van der Waals surface area (Å²) < 4.78 is 0. The van der Waals surface area contributed by atoms with Gasteiger partial charge < -0.3 is 16.0 Å². The highest BCUT2D eigenvalue weighted by molar-refractivity contribution is 5.94. The first kappa shape index (κ1) is 15.0. The van der Waals surface area contributed by atoms with Crippen LogP contribution >= 0.6 is 0 Å². The van der Waals surface area contributed by atoms with E-state index in [2.05, 4.69) is 16.0 Å². The third-order valence-corrected chi connectivity index (χ3v) is 4.20. The Bertz CT molecular complexity index is 531. The zero-order valence-corrected chi connectivity index (χ0v) is 12.7. The molecule has 3 N–H and O–H groups in total. The topological polar surface area (TPSA) is 70.2 Å². The molecule has 1 aliphatic heterocycles. The third kappa shape index (κ3) is 4.31. The van der Waals surface area contributed by atoms with Crippen LogP contribution in [0.1, 0.15) is 31.2 Å². The van der Waals surface area contributed by atoms with E-state index in [1.54, 1.807) is 0 Å². The van der Waals surface area contributed by atoms with Gasteiger partial charge in [-0.05, 0) is 49.9 Å². The molecule has 2 fully saturated rings. The molecule has 1 saturated carbocycles. The highest BCUT2D eigenvalue weighted by Crippen LogP contribution is 2.30. The number of hydrogen-bond donors (Lipinski definition) is 3. The first-order valence-electron chi connectivity index (χ1n) is 8.10. The molecular formula is C17H23N3O2. The van der Waals surface area contributed by atoms with Crippen molar-refractivity contribution in [2.45, 2.75) is 38.1 Å². The molecule has 118 valence electrons. The van der Waals surface area contributed by atoms with Crippen LogP contribution in [0.4, 0.5) is 5.69 Å². The minimum absolute atomic E-state index is 0.0588. The molecule has 3 rings (SSSR count). The summed E-state index contributed by atoms with van der Waals surface area (Å²) in [6.45, 7) is 1.90. The van der Waals surface area contributed by atoms with Crippen LogP contribution < -0.4 is 16.0 Å². The molecule has 2 amide bonds. The maximum atomic E-state index is 12.0. The standard InChI is InChI=1S/C17H23N3O2/c21-16(19-15-2-1-9-18-11-15)10-12-3-7-14(8-4-12)20-17(22)13-5-6-13/h3-4,7-8,13,15,18H,1-2,5-6,9-11H2,(H,19,21)(H,20,22)/t15-/m0/s1. The predicted molar refractivity (Wildman–Crippen MR) is 85.5 cm³/mol. The summed E-state index contributed by atoms with van der Waals surface area (Å²) >= 11 is 0. The molecule has 1 heterocycles. The molecule has 0 bridgehead atoms. The average Bonchev–Trinajstić information content (AvgIpc) is 3.35. The summed E-state index contributed by atoms with van der Waals surface area (Å²) in [7, 11) is 0. The second kappa shape index (κ2) is 6.92. The Kier molecular flexibility index (Phi) is 4.73. The van der Waals surface area contributed by atoms with E-state index in [0.29, 0.717) is 6.42 Å². The number of benzene rings is 1. The van der Waals surface area contributed by atoms with Crippen LogP contribution in [0.25, 0.3) is 0 Å². The third-order valence-electron chi connectivity index (χ3n) is 4.20. The second-order valence-corrected chi connectivity index (χ2v) is 6.25. The Morgan fingerprint density at radius 2 is 1.91 bits per heavy atom. The van der Waals surface area contributed by atoms with Gasteiger partial charge in [0.15, 0.2) is 0 Å². The minimum atomic E-state index is 0.0588. The van der Waals surface area contributed by atoms with Crippen LogP contribution in [-0.4, -0.2) is 30.9 Å². The first-order chi connectivity index (χ1) is 10.7. The normalized spacial score (nSPS) is 21.2. The molecule has 2 aliphatic rings. The van der Waals surface area contributed by atoms with Gasteiger partial charge in [0.1, 0.15) is 0 Å². The number of rotatable bonds is 5. The van der Waals surface area contributed by atoms with Crippen molar-refractivity contribution in [3.8, 4) is 0 Å². The largest absolute Gasteiger partial charge is 0.352 e. The van der Waals surface area contributed by atoms with E-state index in [1.165, 1.54) is 0 Å². The van der Waals surface area contributed by atoms with Gasteiger partial charge in [0.25, 0.3) is 0 Å². The molecule has 0 radical (unpaired) electrons. The average molecular weight is 301 g/mol. The molecule has 1 saturated heterocycles. The Hall–Kier alpha value is -1.88. The highest BCUT2D eigenvalue weighted by Gasteiger charge is 2.29. The molecule has 1 aliphatic carbocycles. The van der Waals surface area contributed by atoms with Crippen molar-refractivity contribution in [1.82, 2.24) is 10.6 Å². The van der Waals surface area contributed by atoms with Crippen molar-refractivity contribution in [1.29, 1.82) is 0 Å². The quantitative estimate of drug-likeness (QED) is 0.771. The molecule has 0 aromatic heterocycles. The maximum absolute atomic E-state index is 12.0. The summed E-state index contributed by atoms with van der Waals surface area (Å²) in [5.41, 5.74) is 1.77.